The zero-order valence-electron chi connectivity index (χ0n) is 12.2. The van der Waals surface area contributed by atoms with Crippen LogP contribution in [0.25, 0.3) is 0 Å². The fraction of sp³-hybridized carbons (Fsp3) is 0.118. The summed E-state index contributed by atoms with van der Waals surface area (Å²) < 4.78 is 13.4. The van der Waals surface area contributed by atoms with Crippen molar-refractivity contribution in [3.05, 3.63) is 65.5 Å². The quantitative estimate of drug-likeness (QED) is 0.886. The van der Waals surface area contributed by atoms with Crippen LogP contribution in [0.1, 0.15) is 11.1 Å². The lowest BCUT2D eigenvalue weighted by atomic mass is 10.1. The van der Waals surface area contributed by atoms with Gasteiger partial charge >= 0.3 is 0 Å². The summed E-state index contributed by atoms with van der Waals surface area (Å²) in [6, 6.07) is 14.3. The lowest BCUT2D eigenvalue weighted by molar-refractivity contribution is -0.123. The van der Waals surface area contributed by atoms with Gasteiger partial charge in [-0.25, -0.2) is 4.39 Å². The molecule has 6 heteroatoms. The summed E-state index contributed by atoms with van der Waals surface area (Å²) in [7, 11) is 0. The van der Waals surface area contributed by atoms with Crippen LogP contribution in [0.3, 0.4) is 0 Å². The second-order valence-corrected chi connectivity index (χ2v) is 4.78. The van der Waals surface area contributed by atoms with E-state index < -0.39 is 17.6 Å². The molecule has 0 saturated heterocycles. The third-order valence-electron chi connectivity index (χ3n) is 3.05. The van der Waals surface area contributed by atoms with E-state index in [9.17, 15) is 14.0 Å². The van der Waals surface area contributed by atoms with Crippen LogP contribution in [0.15, 0.2) is 48.5 Å². The normalized spacial score (nSPS) is 9.74. The Morgan fingerprint density at radius 3 is 2.39 bits per heavy atom. The molecular weight excluding hydrogens is 297 g/mol. The molecule has 5 nitrogen and oxygen atoms in total. The average Bonchev–Trinajstić information content (AvgIpc) is 2.56. The fourth-order valence-electron chi connectivity index (χ4n) is 1.89. The van der Waals surface area contributed by atoms with Crippen LogP contribution in [0.4, 0.5) is 10.1 Å². The molecule has 23 heavy (non-hydrogen) atoms. The van der Waals surface area contributed by atoms with Crippen molar-refractivity contribution < 1.29 is 14.0 Å². The molecule has 2 rings (SSSR count). The monoisotopic (exact) mass is 311 g/mol. The van der Waals surface area contributed by atoms with Crippen LogP contribution < -0.4 is 10.6 Å². The highest BCUT2D eigenvalue weighted by Gasteiger charge is 2.09. The van der Waals surface area contributed by atoms with Gasteiger partial charge in [-0.1, -0.05) is 18.2 Å². The Bertz CT molecular complexity index is 751. The van der Waals surface area contributed by atoms with Crippen molar-refractivity contribution in [3.63, 3.8) is 0 Å². The molecule has 2 aromatic rings. The molecule has 116 valence electrons. The molecule has 0 radical (unpaired) electrons. The number of hydrogen-bond donors (Lipinski definition) is 2. The first-order valence-electron chi connectivity index (χ1n) is 6.88. The Labute approximate surface area is 132 Å². The highest BCUT2D eigenvalue weighted by molar-refractivity contribution is 5.94. The van der Waals surface area contributed by atoms with Crippen LogP contribution in [-0.4, -0.2) is 18.4 Å². The fourth-order valence-corrected chi connectivity index (χ4v) is 1.89. The van der Waals surface area contributed by atoms with Crippen molar-refractivity contribution in [2.75, 3.05) is 11.9 Å². The molecule has 0 heterocycles. The van der Waals surface area contributed by atoms with Gasteiger partial charge in [0.1, 0.15) is 5.82 Å². The van der Waals surface area contributed by atoms with Crippen LogP contribution in [0.5, 0.6) is 0 Å². The van der Waals surface area contributed by atoms with Crippen molar-refractivity contribution >= 4 is 17.5 Å². The third kappa shape index (κ3) is 4.93. The number of nitriles is 1. The SMILES string of the molecule is N#Cc1ccc(NC(=O)CNC(=O)Cc2ccccc2F)cc1. The van der Waals surface area contributed by atoms with Gasteiger partial charge in [0, 0.05) is 5.69 Å². The van der Waals surface area contributed by atoms with Crippen LogP contribution in [-0.2, 0) is 16.0 Å². The molecule has 0 unspecified atom stereocenters. The van der Waals surface area contributed by atoms with Crippen molar-refractivity contribution in [1.29, 1.82) is 5.26 Å². The number of carbonyl (C=O) groups is 2. The Kier molecular flexibility index (Phi) is 5.42. The summed E-state index contributed by atoms with van der Waals surface area (Å²) in [4.78, 5) is 23.4. The van der Waals surface area contributed by atoms with E-state index >= 15 is 0 Å². The Morgan fingerprint density at radius 1 is 1.04 bits per heavy atom. The average molecular weight is 311 g/mol. The van der Waals surface area contributed by atoms with E-state index in [-0.39, 0.29) is 18.5 Å². The summed E-state index contributed by atoms with van der Waals surface area (Å²) in [6.07, 6.45) is -0.128. The van der Waals surface area contributed by atoms with E-state index in [0.29, 0.717) is 11.3 Å². The van der Waals surface area contributed by atoms with Crippen LogP contribution in [0.2, 0.25) is 0 Å². The number of amides is 2. The van der Waals surface area contributed by atoms with E-state index in [1.165, 1.54) is 12.1 Å². The van der Waals surface area contributed by atoms with E-state index in [4.69, 9.17) is 5.26 Å². The molecule has 2 N–H and O–H groups in total. The molecule has 2 amide bonds. The first kappa shape index (κ1) is 16.2. The van der Waals surface area contributed by atoms with E-state index in [2.05, 4.69) is 10.6 Å². The summed E-state index contributed by atoms with van der Waals surface area (Å²) in [5.74, 6) is -1.30. The Hall–Kier alpha value is -3.20. The van der Waals surface area contributed by atoms with Gasteiger partial charge in [0.25, 0.3) is 0 Å². The highest BCUT2D eigenvalue weighted by atomic mass is 19.1. The summed E-state index contributed by atoms with van der Waals surface area (Å²) >= 11 is 0. The van der Waals surface area contributed by atoms with Crippen LogP contribution >= 0.6 is 0 Å². The molecule has 0 atom stereocenters. The number of anilines is 1. The second kappa shape index (κ2) is 7.71. The molecule has 0 bridgehead atoms. The number of halogens is 1. The maximum absolute atomic E-state index is 13.4. The van der Waals surface area contributed by atoms with E-state index in [0.717, 1.165) is 0 Å². The van der Waals surface area contributed by atoms with Crippen molar-refractivity contribution in [2.45, 2.75) is 6.42 Å². The molecule has 0 aliphatic heterocycles. The van der Waals surface area contributed by atoms with Gasteiger partial charge in [-0.15, -0.1) is 0 Å². The molecule has 0 fully saturated rings. The largest absolute Gasteiger partial charge is 0.347 e. The molecule has 0 aromatic heterocycles. The number of nitrogens with zero attached hydrogens (tertiary/aromatic N) is 1. The maximum Gasteiger partial charge on any atom is 0.243 e. The molecule has 0 aliphatic carbocycles. The number of rotatable bonds is 5. The first-order valence-corrected chi connectivity index (χ1v) is 6.88. The molecular formula is C17H14FN3O2. The topological polar surface area (TPSA) is 82.0 Å². The first-order chi connectivity index (χ1) is 11.1. The van der Waals surface area contributed by atoms with Crippen molar-refractivity contribution in [3.8, 4) is 6.07 Å². The Morgan fingerprint density at radius 2 is 1.74 bits per heavy atom. The maximum atomic E-state index is 13.4. The standard InChI is InChI=1S/C17H14FN3O2/c18-15-4-2-1-3-13(15)9-16(22)20-11-17(23)21-14-7-5-12(10-19)6-8-14/h1-8H,9,11H2,(H,20,22)(H,21,23). The lowest BCUT2D eigenvalue weighted by Crippen LogP contribution is -2.33. The van der Waals surface area contributed by atoms with Gasteiger partial charge in [0.05, 0.1) is 24.6 Å². The lowest BCUT2D eigenvalue weighted by Gasteiger charge is -2.07. The zero-order chi connectivity index (χ0) is 16.7. The summed E-state index contributed by atoms with van der Waals surface area (Å²) in [6.45, 7) is -0.215. The molecule has 0 saturated carbocycles. The van der Waals surface area contributed by atoms with Gasteiger partial charge in [-0.2, -0.15) is 5.26 Å². The molecule has 2 aromatic carbocycles. The minimum Gasteiger partial charge on any atom is -0.347 e. The predicted octanol–water partition coefficient (Wildman–Crippen LogP) is 1.99. The molecule has 0 aliphatic rings. The van der Waals surface area contributed by atoms with E-state index in [1.807, 2.05) is 6.07 Å². The molecule has 0 spiro atoms. The van der Waals surface area contributed by atoms with Gasteiger partial charge in [-0.3, -0.25) is 9.59 Å². The smallest absolute Gasteiger partial charge is 0.243 e. The number of carbonyl (C=O) groups excluding carboxylic acids is 2. The predicted molar refractivity (Wildman–Crippen MR) is 82.9 cm³/mol. The third-order valence-corrected chi connectivity index (χ3v) is 3.05. The van der Waals surface area contributed by atoms with Gasteiger partial charge in [0.2, 0.25) is 11.8 Å². The summed E-state index contributed by atoms with van der Waals surface area (Å²) in [5, 5.41) is 13.7. The number of benzene rings is 2. The van der Waals surface area contributed by atoms with Gasteiger partial charge in [-0.05, 0) is 35.9 Å². The number of hydrogen-bond acceptors (Lipinski definition) is 3. The summed E-state index contributed by atoms with van der Waals surface area (Å²) in [5.41, 5.74) is 1.29. The van der Waals surface area contributed by atoms with Gasteiger partial charge < -0.3 is 10.6 Å². The number of nitrogens with one attached hydrogen (secondary N) is 2. The Balaban J connectivity index is 1.80. The van der Waals surface area contributed by atoms with E-state index in [1.54, 1.807) is 36.4 Å². The van der Waals surface area contributed by atoms with Crippen molar-refractivity contribution in [2.24, 2.45) is 0 Å². The van der Waals surface area contributed by atoms with Crippen molar-refractivity contribution in [1.82, 2.24) is 5.32 Å². The zero-order valence-corrected chi connectivity index (χ0v) is 12.2. The highest BCUT2D eigenvalue weighted by Crippen LogP contribution is 2.08. The van der Waals surface area contributed by atoms with Crippen LogP contribution in [0, 0.1) is 17.1 Å². The minimum atomic E-state index is -0.454. The second-order valence-electron chi connectivity index (χ2n) is 4.78. The minimum absolute atomic E-state index is 0.128. The van der Waals surface area contributed by atoms with Gasteiger partial charge in [0.15, 0.2) is 0 Å².